The van der Waals surface area contributed by atoms with Crippen molar-refractivity contribution in [2.45, 2.75) is 25.5 Å². The summed E-state index contributed by atoms with van der Waals surface area (Å²) in [6, 6.07) is 4.69. The lowest BCUT2D eigenvalue weighted by molar-refractivity contribution is 0.123. The van der Waals surface area contributed by atoms with Gasteiger partial charge in [-0.1, -0.05) is 11.6 Å². The molecule has 1 heterocycles. The van der Waals surface area contributed by atoms with Gasteiger partial charge in [0, 0.05) is 36.1 Å². The second-order valence-electron chi connectivity index (χ2n) is 5.50. The molecule has 2 fully saturated rings. The zero-order chi connectivity index (χ0) is 12.7. The minimum atomic E-state index is -0.197. The summed E-state index contributed by atoms with van der Waals surface area (Å²) in [5, 5.41) is 10.4. The summed E-state index contributed by atoms with van der Waals surface area (Å²) in [4.78, 5) is 2.23. The zero-order valence-electron chi connectivity index (χ0n) is 10.1. The standard InChI is InChI=1S/C14H17ClFNO/c15-11-2-3-13(16)10(5-11)7-17-6-9-1-4-14(18)12(9)8-17/h2-3,5,9,12,14,18H,1,4,6-8H2. The molecule has 1 aliphatic heterocycles. The quantitative estimate of drug-likeness (QED) is 0.892. The molecule has 3 rings (SSSR count). The molecule has 18 heavy (non-hydrogen) atoms. The van der Waals surface area contributed by atoms with Crippen molar-refractivity contribution >= 4 is 11.6 Å². The number of nitrogens with zero attached hydrogens (tertiary/aromatic N) is 1. The van der Waals surface area contributed by atoms with Crippen molar-refractivity contribution in [1.29, 1.82) is 0 Å². The third-order valence-electron chi connectivity index (χ3n) is 4.30. The molecule has 0 spiro atoms. The molecular weight excluding hydrogens is 253 g/mol. The molecular formula is C14H17ClFNO. The molecule has 4 heteroatoms. The van der Waals surface area contributed by atoms with Crippen molar-refractivity contribution in [1.82, 2.24) is 4.90 Å². The van der Waals surface area contributed by atoms with E-state index >= 15 is 0 Å². The predicted molar refractivity (Wildman–Crippen MR) is 68.9 cm³/mol. The van der Waals surface area contributed by atoms with Crippen molar-refractivity contribution < 1.29 is 9.50 Å². The van der Waals surface area contributed by atoms with E-state index in [1.807, 2.05) is 0 Å². The number of fused-ring (bicyclic) bond motifs is 1. The summed E-state index contributed by atoms with van der Waals surface area (Å²) < 4.78 is 13.7. The van der Waals surface area contributed by atoms with Gasteiger partial charge in [-0.3, -0.25) is 4.90 Å². The van der Waals surface area contributed by atoms with Crippen LogP contribution in [0.5, 0.6) is 0 Å². The summed E-state index contributed by atoms with van der Waals surface area (Å²) in [5.41, 5.74) is 0.650. The van der Waals surface area contributed by atoms with E-state index in [1.165, 1.54) is 6.07 Å². The van der Waals surface area contributed by atoms with Gasteiger partial charge < -0.3 is 5.11 Å². The van der Waals surface area contributed by atoms with Crippen LogP contribution in [0.3, 0.4) is 0 Å². The highest BCUT2D eigenvalue weighted by Crippen LogP contribution is 2.38. The number of hydrogen-bond donors (Lipinski definition) is 1. The molecule has 3 atom stereocenters. The van der Waals surface area contributed by atoms with E-state index in [1.54, 1.807) is 12.1 Å². The summed E-state index contributed by atoms with van der Waals surface area (Å²) >= 11 is 5.90. The van der Waals surface area contributed by atoms with Gasteiger partial charge in [0.2, 0.25) is 0 Å². The van der Waals surface area contributed by atoms with Gasteiger partial charge in [-0.15, -0.1) is 0 Å². The zero-order valence-corrected chi connectivity index (χ0v) is 10.9. The summed E-state index contributed by atoms with van der Waals surface area (Å²) in [5.74, 6) is 0.770. The van der Waals surface area contributed by atoms with Crippen LogP contribution in [0.2, 0.25) is 5.02 Å². The maximum atomic E-state index is 13.7. The highest BCUT2D eigenvalue weighted by Gasteiger charge is 2.41. The number of rotatable bonds is 2. The Bertz CT molecular complexity index is 453. The molecule has 1 aromatic carbocycles. The van der Waals surface area contributed by atoms with E-state index < -0.39 is 0 Å². The highest BCUT2D eigenvalue weighted by molar-refractivity contribution is 6.30. The molecule has 98 valence electrons. The molecule has 2 nitrogen and oxygen atoms in total. The minimum Gasteiger partial charge on any atom is -0.393 e. The average molecular weight is 270 g/mol. The fourth-order valence-electron chi connectivity index (χ4n) is 3.36. The Morgan fingerprint density at radius 2 is 2.17 bits per heavy atom. The largest absolute Gasteiger partial charge is 0.393 e. The maximum Gasteiger partial charge on any atom is 0.127 e. The number of aliphatic hydroxyl groups excluding tert-OH is 1. The number of aliphatic hydroxyl groups is 1. The van der Waals surface area contributed by atoms with Crippen LogP contribution in [0.1, 0.15) is 18.4 Å². The molecule has 0 bridgehead atoms. The van der Waals surface area contributed by atoms with Crippen LogP contribution >= 0.6 is 11.6 Å². The van der Waals surface area contributed by atoms with Crippen molar-refractivity contribution in [2.75, 3.05) is 13.1 Å². The van der Waals surface area contributed by atoms with Crippen LogP contribution in [0, 0.1) is 17.7 Å². The normalized spacial score (nSPS) is 31.8. The molecule has 0 radical (unpaired) electrons. The monoisotopic (exact) mass is 269 g/mol. The van der Waals surface area contributed by atoms with Gasteiger partial charge >= 0.3 is 0 Å². The number of halogens is 2. The molecule has 1 aliphatic carbocycles. The van der Waals surface area contributed by atoms with Gasteiger partial charge in [0.15, 0.2) is 0 Å². The highest BCUT2D eigenvalue weighted by atomic mass is 35.5. The first-order valence-corrected chi connectivity index (χ1v) is 6.85. The van der Waals surface area contributed by atoms with Gasteiger partial charge in [0.1, 0.15) is 5.82 Å². The van der Waals surface area contributed by atoms with E-state index in [2.05, 4.69) is 4.90 Å². The van der Waals surface area contributed by atoms with Gasteiger partial charge in [-0.25, -0.2) is 4.39 Å². The van der Waals surface area contributed by atoms with Gasteiger partial charge in [0.25, 0.3) is 0 Å². The maximum absolute atomic E-state index is 13.7. The lowest BCUT2D eigenvalue weighted by Crippen LogP contribution is -2.24. The van der Waals surface area contributed by atoms with E-state index in [9.17, 15) is 9.50 Å². The van der Waals surface area contributed by atoms with Crippen LogP contribution in [-0.4, -0.2) is 29.2 Å². The lowest BCUT2D eigenvalue weighted by atomic mass is 10.00. The Hall–Kier alpha value is -0.640. The minimum absolute atomic E-state index is 0.163. The van der Waals surface area contributed by atoms with Crippen LogP contribution < -0.4 is 0 Å². The van der Waals surface area contributed by atoms with E-state index in [0.717, 1.165) is 25.9 Å². The average Bonchev–Trinajstić information content (AvgIpc) is 2.87. The van der Waals surface area contributed by atoms with Gasteiger partial charge in [0.05, 0.1) is 6.10 Å². The SMILES string of the molecule is OC1CCC2CN(Cc3cc(Cl)ccc3F)CC12. The number of benzene rings is 1. The topological polar surface area (TPSA) is 23.5 Å². The van der Waals surface area contributed by atoms with Crippen molar-refractivity contribution in [3.8, 4) is 0 Å². The number of likely N-dealkylation sites (tertiary alicyclic amines) is 1. The summed E-state index contributed by atoms with van der Waals surface area (Å²) in [6.45, 7) is 2.43. The Morgan fingerprint density at radius 3 is 2.94 bits per heavy atom. The van der Waals surface area contributed by atoms with Crippen LogP contribution in [0.15, 0.2) is 18.2 Å². The predicted octanol–water partition coefficient (Wildman–Crippen LogP) is 2.68. The fourth-order valence-corrected chi connectivity index (χ4v) is 3.56. The summed E-state index contributed by atoms with van der Waals surface area (Å²) in [6.07, 6.45) is 1.86. The van der Waals surface area contributed by atoms with Crippen LogP contribution in [0.25, 0.3) is 0 Å². The molecule has 0 aromatic heterocycles. The van der Waals surface area contributed by atoms with Gasteiger partial charge in [-0.05, 0) is 37.0 Å². The third kappa shape index (κ3) is 2.27. The smallest absolute Gasteiger partial charge is 0.127 e. The van der Waals surface area contributed by atoms with Crippen molar-refractivity contribution in [2.24, 2.45) is 11.8 Å². The third-order valence-corrected chi connectivity index (χ3v) is 4.53. The molecule has 3 unspecified atom stereocenters. The van der Waals surface area contributed by atoms with Crippen LogP contribution in [-0.2, 0) is 6.54 Å². The van der Waals surface area contributed by atoms with E-state index in [-0.39, 0.29) is 11.9 Å². The lowest BCUT2D eigenvalue weighted by Gasteiger charge is -2.18. The summed E-state index contributed by atoms with van der Waals surface area (Å²) in [7, 11) is 0. The van der Waals surface area contributed by atoms with Crippen LogP contribution in [0.4, 0.5) is 4.39 Å². The second kappa shape index (κ2) is 4.80. The first-order chi connectivity index (χ1) is 8.63. The first-order valence-electron chi connectivity index (χ1n) is 6.48. The fraction of sp³-hybridized carbons (Fsp3) is 0.571. The Labute approximate surface area is 111 Å². The molecule has 1 saturated heterocycles. The molecule has 0 amide bonds. The Morgan fingerprint density at radius 1 is 1.33 bits per heavy atom. The molecule has 1 saturated carbocycles. The van der Waals surface area contributed by atoms with E-state index in [0.29, 0.717) is 29.0 Å². The first kappa shape index (κ1) is 12.4. The van der Waals surface area contributed by atoms with E-state index in [4.69, 9.17) is 11.6 Å². The molecule has 1 aromatic rings. The van der Waals surface area contributed by atoms with Gasteiger partial charge in [-0.2, -0.15) is 0 Å². The van der Waals surface area contributed by atoms with Crippen molar-refractivity contribution in [3.63, 3.8) is 0 Å². The Balaban J connectivity index is 1.69. The number of hydrogen-bond acceptors (Lipinski definition) is 2. The molecule has 2 aliphatic rings. The Kier molecular flexibility index (Phi) is 3.31. The van der Waals surface area contributed by atoms with Crippen molar-refractivity contribution in [3.05, 3.63) is 34.6 Å². The second-order valence-corrected chi connectivity index (χ2v) is 5.93. The molecule has 1 N–H and O–H groups in total.